The minimum atomic E-state index is -3.46. The zero-order valence-electron chi connectivity index (χ0n) is 13.0. The van der Waals surface area contributed by atoms with E-state index >= 15 is 0 Å². The quantitative estimate of drug-likeness (QED) is 0.600. The number of sulfonamides is 1. The van der Waals surface area contributed by atoms with E-state index in [1.165, 1.54) is 4.31 Å². The molecule has 1 fully saturated rings. The largest absolute Gasteiger partial charge is 0.359 e. The van der Waals surface area contributed by atoms with Crippen molar-refractivity contribution in [3.63, 3.8) is 0 Å². The molecular formula is C15H20BrN3O2S2. The van der Waals surface area contributed by atoms with Crippen LogP contribution in [0.15, 0.2) is 45.8 Å². The van der Waals surface area contributed by atoms with Crippen LogP contribution in [0.1, 0.15) is 6.92 Å². The number of hydrogen-bond acceptors (Lipinski definition) is 3. The van der Waals surface area contributed by atoms with Crippen molar-refractivity contribution < 1.29 is 8.42 Å². The fraction of sp³-hybridized carbons (Fsp3) is 0.400. The second-order valence-corrected chi connectivity index (χ2v) is 8.70. The van der Waals surface area contributed by atoms with Gasteiger partial charge in [-0.15, -0.1) is 0 Å². The van der Waals surface area contributed by atoms with Crippen LogP contribution < -0.4 is 5.32 Å². The molecule has 1 aromatic carbocycles. The van der Waals surface area contributed by atoms with Crippen molar-refractivity contribution in [2.24, 2.45) is 0 Å². The van der Waals surface area contributed by atoms with E-state index in [0.29, 0.717) is 42.7 Å². The number of nitrogens with zero attached hydrogens (tertiary/aromatic N) is 2. The lowest BCUT2D eigenvalue weighted by molar-refractivity contribution is 0.264. The minimum absolute atomic E-state index is 0.309. The Balaban J connectivity index is 1.98. The highest BCUT2D eigenvalue weighted by Gasteiger charge is 2.29. The summed E-state index contributed by atoms with van der Waals surface area (Å²) in [6.45, 7) is 8.39. The molecular weight excluding hydrogens is 398 g/mol. The van der Waals surface area contributed by atoms with Crippen LogP contribution in [0.3, 0.4) is 0 Å². The van der Waals surface area contributed by atoms with Crippen LogP contribution in [0, 0.1) is 0 Å². The van der Waals surface area contributed by atoms with E-state index in [1.54, 1.807) is 18.2 Å². The molecule has 1 aliphatic rings. The van der Waals surface area contributed by atoms with Gasteiger partial charge in [0.15, 0.2) is 5.11 Å². The van der Waals surface area contributed by atoms with Crippen molar-refractivity contribution in [2.75, 3.05) is 32.7 Å². The number of benzene rings is 1. The molecule has 2 rings (SSSR count). The number of nitrogens with one attached hydrogen (secondary N) is 1. The third-order valence-corrected chi connectivity index (χ3v) is 6.29. The van der Waals surface area contributed by atoms with Gasteiger partial charge in [-0.25, -0.2) is 8.42 Å². The van der Waals surface area contributed by atoms with E-state index in [1.807, 2.05) is 17.9 Å². The van der Waals surface area contributed by atoms with Crippen LogP contribution in [0.4, 0.5) is 0 Å². The highest BCUT2D eigenvalue weighted by molar-refractivity contribution is 9.10. The van der Waals surface area contributed by atoms with Crippen molar-refractivity contribution in [2.45, 2.75) is 11.8 Å². The molecule has 1 N–H and O–H groups in total. The van der Waals surface area contributed by atoms with Crippen LogP contribution in [0.2, 0.25) is 0 Å². The number of hydrogen-bond donors (Lipinski definition) is 1. The van der Waals surface area contributed by atoms with Gasteiger partial charge in [0, 0.05) is 37.2 Å². The van der Waals surface area contributed by atoms with E-state index in [2.05, 4.69) is 27.8 Å². The average molecular weight is 418 g/mol. The second kappa shape index (κ2) is 7.74. The van der Waals surface area contributed by atoms with Gasteiger partial charge in [0.25, 0.3) is 0 Å². The number of rotatable bonds is 4. The van der Waals surface area contributed by atoms with Crippen LogP contribution in [-0.4, -0.2) is 55.5 Å². The Morgan fingerprint density at radius 1 is 1.35 bits per heavy atom. The molecule has 0 unspecified atom stereocenters. The molecule has 1 aliphatic heterocycles. The van der Waals surface area contributed by atoms with Gasteiger partial charge >= 0.3 is 0 Å². The summed E-state index contributed by atoms with van der Waals surface area (Å²) in [5.41, 5.74) is 1.00. The van der Waals surface area contributed by atoms with Crippen LogP contribution in [0.25, 0.3) is 0 Å². The molecule has 8 heteroatoms. The molecule has 1 saturated heterocycles. The molecule has 0 aliphatic carbocycles. The first kappa shape index (κ1) is 18.4. The Kier molecular flexibility index (Phi) is 6.19. The SMILES string of the molecule is C=C(C)CNC(=S)N1CCN(S(=O)(=O)c2cccc(Br)c2)CC1. The summed E-state index contributed by atoms with van der Waals surface area (Å²) in [7, 11) is -3.46. The summed E-state index contributed by atoms with van der Waals surface area (Å²) < 4.78 is 27.6. The summed E-state index contributed by atoms with van der Waals surface area (Å²) in [6.07, 6.45) is 0. The molecule has 5 nitrogen and oxygen atoms in total. The molecule has 0 aromatic heterocycles. The zero-order valence-corrected chi connectivity index (χ0v) is 16.2. The summed E-state index contributed by atoms with van der Waals surface area (Å²) in [5, 5.41) is 3.77. The maximum absolute atomic E-state index is 12.7. The maximum Gasteiger partial charge on any atom is 0.243 e. The minimum Gasteiger partial charge on any atom is -0.359 e. The third-order valence-electron chi connectivity index (χ3n) is 3.50. The second-order valence-electron chi connectivity index (χ2n) is 5.46. The predicted octanol–water partition coefficient (Wildman–Crippen LogP) is 2.21. The molecule has 0 radical (unpaired) electrons. The van der Waals surface area contributed by atoms with E-state index < -0.39 is 10.0 Å². The van der Waals surface area contributed by atoms with Crippen LogP contribution in [0.5, 0.6) is 0 Å². The lowest BCUT2D eigenvalue weighted by atomic mass is 10.3. The molecule has 0 amide bonds. The summed E-state index contributed by atoms with van der Waals surface area (Å²) in [5.74, 6) is 0. The average Bonchev–Trinajstić information content (AvgIpc) is 2.52. The van der Waals surface area contributed by atoms with Crippen LogP contribution >= 0.6 is 28.1 Å². The predicted molar refractivity (Wildman–Crippen MR) is 99.9 cm³/mol. The molecule has 0 spiro atoms. The van der Waals surface area contributed by atoms with Gasteiger partial charge in [0.2, 0.25) is 10.0 Å². The van der Waals surface area contributed by atoms with Gasteiger partial charge in [-0.1, -0.05) is 34.1 Å². The molecule has 0 bridgehead atoms. The van der Waals surface area contributed by atoms with Crippen molar-refractivity contribution in [3.05, 3.63) is 40.9 Å². The molecule has 1 heterocycles. The topological polar surface area (TPSA) is 52.6 Å². The third kappa shape index (κ3) is 4.76. The maximum atomic E-state index is 12.7. The fourth-order valence-corrected chi connectivity index (χ4v) is 4.52. The normalized spacial score (nSPS) is 16.2. The van der Waals surface area contributed by atoms with Gasteiger partial charge in [-0.3, -0.25) is 0 Å². The Bertz CT molecular complexity index is 698. The van der Waals surface area contributed by atoms with Gasteiger partial charge in [0.05, 0.1) is 4.90 Å². The first-order valence-corrected chi connectivity index (χ1v) is 9.87. The van der Waals surface area contributed by atoms with Gasteiger partial charge in [-0.05, 0) is 37.3 Å². The summed E-state index contributed by atoms with van der Waals surface area (Å²) in [6, 6.07) is 6.78. The smallest absolute Gasteiger partial charge is 0.243 e. The highest BCUT2D eigenvalue weighted by atomic mass is 79.9. The van der Waals surface area contributed by atoms with Gasteiger partial charge in [0.1, 0.15) is 0 Å². The van der Waals surface area contributed by atoms with Crippen molar-refractivity contribution >= 4 is 43.3 Å². The van der Waals surface area contributed by atoms with E-state index in [4.69, 9.17) is 12.2 Å². The van der Waals surface area contributed by atoms with E-state index in [-0.39, 0.29) is 0 Å². The highest BCUT2D eigenvalue weighted by Crippen LogP contribution is 2.21. The fourth-order valence-electron chi connectivity index (χ4n) is 2.25. The number of piperazine rings is 1. The lowest BCUT2D eigenvalue weighted by Crippen LogP contribution is -2.53. The molecule has 1 aromatic rings. The summed E-state index contributed by atoms with van der Waals surface area (Å²) >= 11 is 8.65. The van der Waals surface area contributed by atoms with Gasteiger partial charge < -0.3 is 10.2 Å². The number of thiocarbonyl (C=S) groups is 1. The first-order chi connectivity index (χ1) is 10.8. The van der Waals surface area contributed by atoms with E-state index in [0.717, 1.165) is 10.0 Å². The molecule has 126 valence electrons. The molecule has 23 heavy (non-hydrogen) atoms. The van der Waals surface area contributed by atoms with Crippen molar-refractivity contribution in [1.82, 2.24) is 14.5 Å². The van der Waals surface area contributed by atoms with Crippen LogP contribution in [-0.2, 0) is 10.0 Å². The van der Waals surface area contributed by atoms with E-state index in [9.17, 15) is 8.42 Å². The number of halogens is 1. The lowest BCUT2D eigenvalue weighted by Gasteiger charge is -2.35. The zero-order chi connectivity index (χ0) is 17.0. The standard InChI is InChI=1S/C15H20BrN3O2S2/c1-12(2)11-17-15(22)18-6-8-19(9-7-18)23(20,21)14-5-3-4-13(16)10-14/h3-5,10H,1,6-9,11H2,2H3,(H,17,22). The summed E-state index contributed by atoms with van der Waals surface area (Å²) in [4.78, 5) is 2.30. The van der Waals surface area contributed by atoms with Crippen molar-refractivity contribution in [3.8, 4) is 0 Å². The van der Waals surface area contributed by atoms with Crippen molar-refractivity contribution in [1.29, 1.82) is 0 Å². The Labute approximate surface area is 151 Å². The van der Waals surface area contributed by atoms with Gasteiger partial charge in [-0.2, -0.15) is 4.31 Å². The first-order valence-electron chi connectivity index (χ1n) is 7.23. The Morgan fingerprint density at radius 3 is 2.57 bits per heavy atom. The molecule has 0 saturated carbocycles. The monoisotopic (exact) mass is 417 g/mol. The Hall–Kier alpha value is -0.960. The Morgan fingerprint density at radius 2 is 2.00 bits per heavy atom. The molecule has 0 atom stereocenters.